The molecule has 9 rings (SSSR count). The number of hydrogen-bond donors (Lipinski definition) is 3. The van der Waals surface area contributed by atoms with Crippen molar-refractivity contribution in [3.05, 3.63) is 140 Å². The first kappa shape index (κ1) is 39.7. The molecule has 4 aliphatic rings. The second-order valence-electron chi connectivity index (χ2n) is 16.0. The van der Waals surface area contributed by atoms with Gasteiger partial charge in [0.25, 0.3) is 5.91 Å². The number of H-pyrrole nitrogens is 1. The number of amides is 2. The number of halogens is 3. The Morgan fingerprint density at radius 1 is 0.932 bits per heavy atom. The number of carbonyl (C=O) groups excluding carboxylic acids is 2. The number of nitrogens with one attached hydrogen (secondary N) is 2. The van der Waals surface area contributed by atoms with Crippen molar-refractivity contribution in [1.82, 2.24) is 14.8 Å². The Hall–Kier alpha value is -4.77. The molecule has 2 saturated heterocycles. The SMILES string of the molecule is COC(O)c1ccc(N2CCC(N3CCCCC3=O)CC2)c(NC(=O)c2[nH]c3cc(Cl)cc4c3c2C2=C(c3ccccc3)C(C)CC=CN2C4c2ccc(Cl)cc2Cl)c1. The van der Waals surface area contributed by atoms with E-state index in [2.05, 4.69) is 56.3 Å². The van der Waals surface area contributed by atoms with E-state index in [1.165, 1.54) is 7.11 Å². The number of piperidine rings is 2. The van der Waals surface area contributed by atoms with Crippen molar-refractivity contribution < 1.29 is 19.4 Å². The van der Waals surface area contributed by atoms with Gasteiger partial charge < -0.3 is 34.8 Å². The number of likely N-dealkylation sites (tertiary alicyclic amines) is 1. The highest BCUT2D eigenvalue weighted by Gasteiger charge is 2.41. The van der Waals surface area contributed by atoms with Crippen LogP contribution in [-0.4, -0.2) is 64.5 Å². The van der Waals surface area contributed by atoms with Gasteiger partial charge in [-0.3, -0.25) is 9.59 Å². The van der Waals surface area contributed by atoms with Crippen molar-refractivity contribution >= 4 is 80.2 Å². The molecule has 1 aromatic heterocycles. The van der Waals surface area contributed by atoms with Crippen LogP contribution in [0.25, 0.3) is 22.2 Å². The topological polar surface area (TPSA) is 101 Å². The average Bonchev–Trinajstić information content (AvgIpc) is 3.53. The van der Waals surface area contributed by atoms with Gasteiger partial charge in [0.1, 0.15) is 5.69 Å². The van der Waals surface area contributed by atoms with Crippen LogP contribution in [0.2, 0.25) is 15.1 Å². The Bertz CT molecular complexity index is 2510. The number of allylic oxidation sites excluding steroid dienone is 2. The first-order valence-corrected chi connectivity index (χ1v) is 21.5. The van der Waals surface area contributed by atoms with E-state index >= 15 is 4.79 Å². The van der Waals surface area contributed by atoms with Gasteiger partial charge in [0.2, 0.25) is 5.91 Å². The lowest BCUT2D eigenvalue weighted by molar-refractivity contribution is -0.136. The van der Waals surface area contributed by atoms with Gasteiger partial charge in [-0.05, 0) is 96.7 Å². The molecular formula is C47H46Cl3N5O4. The molecule has 5 aromatic rings. The molecule has 0 aliphatic carbocycles. The molecule has 9 nitrogen and oxygen atoms in total. The van der Waals surface area contributed by atoms with E-state index in [-0.39, 0.29) is 23.8 Å². The van der Waals surface area contributed by atoms with E-state index in [9.17, 15) is 9.90 Å². The third-order valence-corrected chi connectivity index (χ3v) is 13.2. The van der Waals surface area contributed by atoms with Crippen molar-refractivity contribution in [3.8, 4) is 0 Å². The number of rotatable bonds is 8. The Kier molecular flexibility index (Phi) is 11.0. The summed E-state index contributed by atoms with van der Waals surface area (Å²) in [6.07, 6.45) is 8.16. The summed E-state index contributed by atoms with van der Waals surface area (Å²) in [4.78, 5) is 38.0. The molecule has 59 heavy (non-hydrogen) atoms. The number of ether oxygens (including phenoxy) is 1. The maximum atomic E-state index is 15.2. The van der Waals surface area contributed by atoms with Crippen molar-refractivity contribution in [2.24, 2.45) is 5.92 Å². The van der Waals surface area contributed by atoms with Crippen LogP contribution in [0.3, 0.4) is 0 Å². The number of nitrogens with zero attached hydrogens (tertiary/aromatic N) is 3. The molecule has 12 heteroatoms. The Balaban J connectivity index is 1.19. The molecule has 304 valence electrons. The fourth-order valence-corrected chi connectivity index (χ4v) is 10.4. The number of aromatic nitrogens is 1. The van der Waals surface area contributed by atoms with E-state index in [1.807, 2.05) is 54.6 Å². The summed E-state index contributed by atoms with van der Waals surface area (Å²) in [5.74, 6) is -0.00897. The van der Waals surface area contributed by atoms with Gasteiger partial charge in [0, 0.05) is 82.5 Å². The Labute approximate surface area is 359 Å². The second-order valence-corrected chi connectivity index (χ2v) is 17.3. The molecule has 0 saturated carbocycles. The summed E-state index contributed by atoms with van der Waals surface area (Å²) in [7, 11) is 1.44. The van der Waals surface area contributed by atoms with Gasteiger partial charge >= 0.3 is 0 Å². The van der Waals surface area contributed by atoms with Gasteiger partial charge in [-0.1, -0.05) is 90.3 Å². The highest BCUT2D eigenvalue weighted by molar-refractivity contribution is 6.35. The predicted molar refractivity (Wildman–Crippen MR) is 237 cm³/mol. The first-order chi connectivity index (χ1) is 28.6. The number of benzene rings is 4. The summed E-state index contributed by atoms with van der Waals surface area (Å²) >= 11 is 20.4. The van der Waals surface area contributed by atoms with Crippen LogP contribution in [-0.2, 0) is 9.53 Å². The molecule has 3 unspecified atom stereocenters. The van der Waals surface area contributed by atoms with E-state index in [0.717, 1.165) is 88.8 Å². The minimum Gasteiger partial charge on any atom is -0.370 e. The van der Waals surface area contributed by atoms with Crippen molar-refractivity contribution in [3.63, 3.8) is 0 Å². The van der Waals surface area contributed by atoms with Crippen LogP contribution >= 0.6 is 34.8 Å². The molecule has 3 atom stereocenters. The molecule has 4 aliphatic heterocycles. The molecule has 4 aromatic carbocycles. The van der Waals surface area contributed by atoms with E-state index in [1.54, 1.807) is 12.1 Å². The zero-order chi connectivity index (χ0) is 40.9. The van der Waals surface area contributed by atoms with Gasteiger partial charge in [-0.15, -0.1) is 0 Å². The largest absolute Gasteiger partial charge is 0.370 e. The highest BCUT2D eigenvalue weighted by atomic mass is 35.5. The number of aliphatic hydroxyl groups excluding tert-OH is 1. The minimum atomic E-state index is -1.18. The van der Waals surface area contributed by atoms with E-state index in [0.29, 0.717) is 51.5 Å². The molecule has 3 N–H and O–H groups in total. The Morgan fingerprint density at radius 3 is 2.47 bits per heavy atom. The summed E-state index contributed by atoms with van der Waals surface area (Å²) < 4.78 is 5.30. The fraction of sp³-hybridized carbons (Fsp3) is 0.319. The smallest absolute Gasteiger partial charge is 0.272 e. The normalized spacial score (nSPS) is 20.2. The molecule has 2 amide bonds. The van der Waals surface area contributed by atoms with Gasteiger partial charge in [0.15, 0.2) is 6.29 Å². The summed E-state index contributed by atoms with van der Waals surface area (Å²) in [5.41, 5.74) is 8.57. The third kappa shape index (κ3) is 7.31. The summed E-state index contributed by atoms with van der Waals surface area (Å²) in [6, 6.07) is 25.1. The first-order valence-electron chi connectivity index (χ1n) is 20.4. The highest BCUT2D eigenvalue weighted by Crippen LogP contribution is 2.54. The van der Waals surface area contributed by atoms with Gasteiger partial charge in [-0.2, -0.15) is 0 Å². The lowest BCUT2D eigenvalue weighted by Crippen LogP contribution is -2.49. The molecule has 0 bridgehead atoms. The number of anilines is 2. The molecule has 5 heterocycles. The molecule has 0 spiro atoms. The van der Waals surface area contributed by atoms with E-state index in [4.69, 9.17) is 39.5 Å². The minimum absolute atomic E-state index is 0.0895. The average molecular weight is 851 g/mol. The third-order valence-electron chi connectivity index (χ3n) is 12.4. The number of methoxy groups -OCH3 is 1. The van der Waals surface area contributed by atoms with Crippen molar-refractivity contribution in [1.29, 1.82) is 0 Å². The van der Waals surface area contributed by atoms with Crippen LogP contribution in [0.15, 0.2) is 91.1 Å². The number of fused-ring (bicyclic) bond motifs is 2. The standard InChI is InChI=1S/C47H46Cl3N5O4/c1-27-9-8-20-55-44(33-15-14-30(48)25-35(33)50)34-24-31(49)26-37-41(34)42(45(55)40(27)28-10-4-3-5-11-28)43(51-37)46(57)52-36-23-29(47(58)59-2)13-16-38(36)53-21-17-32(18-22-53)54-19-7-6-12-39(54)56/h3-5,8,10-11,13-16,20,23-27,32,44,47,51,58H,6-7,9,12,17-19,21-22H2,1-2H3,(H,52,57). The lowest BCUT2D eigenvalue weighted by Gasteiger charge is -2.41. The zero-order valence-corrected chi connectivity index (χ0v) is 35.2. The maximum absolute atomic E-state index is 15.2. The van der Waals surface area contributed by atoms with E-state index < -0.39 is 12.3 Å². The van der Waals surface area contributed by atoms with Crippen molar-refractivity contribution in [2.45, 2.75) is 63.8 Å². The number of aliphatic hydroxyl groups is 1. The van der Waals surface area contributed by atoms with Gasteiger partial charge in [-0.25, -0.2) is 0 Å². The van der Waals surface area contributed by atoms with Crippen LogP contribution in [0.5, 0.6) is 0 Å². The summed E-state index contributed by atoms with van der Waals surface area (Å²) in [5, 5.41) is 16.5. The van der Waals surface area contributed by atoms with Crippen LogP contribution in [0, 0.1) is 5.92 Å². The second kappa shape index (κ2) is 16.4. The van der Waals surface area contributed by atoms with Gasteiger partial charge in [0.05, 0.1) is 23.1 Å². The Morgan fingerprint density at radius 2 is 1.73 bits per heavy atom. The number of aromatic amines is 1. The van der Waals surface area contributed by atoms with Crippen LogP contribution in [0.1, 0.15) is 96.1 Å². The van der Waals surface area contributed by atoms with Crippen LogP contribution < -0.4 is 10.2 Å². The fourth-order valence-electron chi connectivity index (χ4n) is 9.64. The summed E-state index contributed by atoms with van der Waals surface area (Å²) in [6.45, 7) is 4.46. The maximum Gasteiger partial charge on any atom is 0.272 e. The zero-order valence-electron chi connectivity index (χ0n) is 33.0. The van der Waals surface area contributed by atoms with Crippen molar-refractivity contribution in [2.75, 3.05) is 37.0 Å². The number of hydrogen-bond acceptors (Lipinski definition) is 6. The molecular weight excluding hydrogens is 805 g/mol. The molecule has 2 fully saturated rings. The van der Waals surface area contributed by atoms with Crippen LogP contribution in [0.4, 0.5) is 11.4 Å². The lowest BCUT2D eigenvalue weighted by atomic mass is 9.82. The monoisotopic (exact) mass is 849 g/mol. The molecule has 0 radical (unpaired) electrons. The quantitative estimate of drug-likeness (QED) is 0.134. The number of carbonyl (C=O) groups is 2. The predicted octanol–water partition coefficient (Wildman–Crippen LogP) is 10.8.